The zero-order valence-electron chi connectivity index (χ0n) is 14.9. The van der Waals surface area contributed by atoms with Crippen molar-refractivity contribution in [2.75, 3.05) is 37.7 Å². The molecule has 1 unspecified atom stereocenters. The monoisotopic (exact) mass is 390 g/mol. The molecule has 0 radical (unpaired) electrons. The molecule has 2 aromatic rings. The minimum absolute atomic E-state index is 0.0293. The molecule has 1 aromatic heterocycles. The van der Waals surface area contributed by atoms with Gasteiger partial charge in [-0.3, -0.25) is 14.5 Å². The van der Waals surface area contributed by atoms with E-state index in [1.807, 2.05) is 6.07 Å². The number of rotatable bonds is 3. The van der Waals surface area contributed by atoms with Gasteiger partial charge in [-0.2, -0.15) is 5.10 Å². The number of benzene rings is 1. The van der Waals surface area contributed by atoms with Gasteiger partial charge in [-0.1, -0.05) is 18.2 Å². The number of H-pyrrole nitrogens is 1. The zero-order valence-corrected chi connectivity index (χ0v) is 15.7. The first-order valence-corrected chi connectivity index (χ1v) is 10.9. The summed E-state index contributed by atoms with van der Waals surface area (Å²) >= 11 is 0. The van der Waals surface area contributed by atoms with Gasteiger partial charge in [0.05, 0.1) is 29.0 Å². The third-order valence-corrected chi connectivity index (χ3v) is 7.24. The first-order valence-electron chi connectivity index (χ1n) is 9.11. The van der Waals surface area contributed by atoms with Crippen LogP contribution in [-0.4, -0.2) is 78.0 Å². The van der Waals surface area contributed by atoms with Crippen LogP contribution in [0.2, 0.25) is 0 Å². The Morgan fingerprint density at radius 2 is 1.85 bits per heavy atom. The van der Waals surface area contributed by atoms with Crippen LogP contribution in [0.3, 0.4) is 0 Å². The molecule has 144 valence electrons. The van der Waals surface area contributed by atoms with E-state index in [-0.39, 0.29) is 35.4 Å². The summed E-state index contributed by atoms with van der Waals surface area (Å²) in [5, 5.41) is 7.76. The van der Waals surface area contributed by atoms with Crippen LogP contribution in [0.15, 0.2) is 29.1 Å². The molecule has 8 nitrogen and oxygen atoms in total. The highest BCUT2D eigenvalue weighted by molar-refractivity contribution is 7.91. The fraction of sp³-hybridized carbons (Fsp3) is 0.500. The average molecular weight is 390 g/mol. The molecule has 3 heterocycles. The van der Waals surface area contributed by atoms with Gasteiger partial charge >= 0.3 is 0 Å². The Hall–Kier alpha value is -2.26. The summed E-state index contributed by atoms with van der Waals surface area (Å²) in [5.41, 5.74) is 0.307. The highest BCUT2D eigenvalue weighted by atomic mass is 32.2. The van der Waals surface area contributed by atoms with Crippen LogP contribution in [0.5, 0.6) is 0 Å². The molecular formula is C18H22N4O4S. The summed E-state index contributed by atoms with van der Waals surface area (Å²) in [6, 6.07) is 7.21. The second-order valence-corrected chi connectivity index (χ2v) is 9.42. The number of amides is 1. The molecule has 1 N–H and O–H groups in total. The van der Waals surface area contributed by atoms with Crippen LogP contribution in [0, 0.1) is 0 Å². The molecule has 1 amide bonds. The van der Waals surface area contributed by atoms with Gasteiger partial charge in [0, 0.05) is 37.6 Å². The highest BCUT2D eigenvalue weighted by Crippen LogP contribution is 2.20. The number of aromatic nitrogens is 2. The first-order chi connectivity index (χ1) is 12.9. The van der Waals surface area contributed by atoms with Crippen molar-refractivity contribution in [2.24, 2.45) is 0 Å². The van der Waals surface area contributed by atoms with Gasteiger partial charge in [0.25, 0.3) is 5.56 Å². The van der Waals surface area contributed by atoms with Crippen LogP contribution >= 0.6 is 0 Å². The van der Waals surface area contributed by atoms with E-state index in [9.17, 15) is 18.0 Å². The molecule has 2 aliphatic rings. The SMILES string of the molecule is O=C(Cc1n[nH]c(=O)c2ccccc12)N1CCN(C2CCS(=O)(=O)C2)CC1. The van der Waals surface area contributed by atoms with Crippen molar-refractivity contribution >= 4 is 26.5 Å². The normalized spacial score (nSPS) is 23.0. The number of nitrogens with zero attached hydrogens (tertiary/aromatic N) is 3. The fourth-order valence-electron chi connectivity index (χ4n) is 3.96. The number of piperazine rings is 1. The number of sulfone groups is 1. The minimum Gasteiger partial charge on any atom is -0.340 e. The molecule has 2 saturated heterocycles. The van der Waals surface area contributed by atoms with Crippen molar-refractivity contribution < 1.29 is 13.2 Å². The quantitative estimate of drug-likeness (QED) is 0.778. The van der Waals surface area contributed by atoms with Crippen LogP contribution in [0.25, 0.3) is 10.8 Å². The van der Waals surface area contributed by atoms with Gasteiger partial charge in [-0.15, -0.1) is 0 Å². The molecule has 9 heteroatoms. The molecule has 2 aliphatic heterocycles. The van der Waals surface area contributed by atoms with Crippen molar-refractivity contribution in [3.63, 3.8) is 0 Å². The number of fused-ring (bicyclic) bond motifs is 1. The van der Waals surface area contributed by atoms with Crippen LogP contribution in [-0.2, 0) is 21.1 Å². The van der Waals surface area contributed by atoms with Gasteiger partial charge in [0.1, 0.15) is 0 Å². The van der Waals surface area contributed by atoms with Gasteiger partial charge in [-0.05, 0) is 12.5 Å². The lowest BCUT2D eigenvalue weighted by Crippen LogP contribution is -2.52. The Bertz CT molecular complexity index is 1030. The fourth-order valence-corrected chi connectivity index (χ4v) is 5.72. The van der Waals surface area contributed by atoms with Gasteiger partial charge in [0.2, 0.25) is 5.91 Å². The summed E-state index contributed by atoms with van der Waals surface area (Å²) in [7, 11) is -2.90. The number of hydrogen-bond acceptors (Lipinski definition) is 6. The summed E-state index contributed by atoms with van der Waals surface area (Å²) in [6.07, 6.45) is 0.818. The van der Waals surface area contributed by atoms with E-state index in [2.05, 4.69) is 15.1 Å². The summed E-state index contributed by atoms with van der Waals surface area (Å²) < 4.78 is 23.3. The minimum atomic E-state index is -2.90. The smallest absolute Gasteiger partial charge is 0.272 e. The molecule has 0 spiro atoms. The van der Waals surface area contributed by atoms with Crippen molar-refractivity contribution in [3.05, 3.63) is 40.3 Å². The second-order valence-electron chi connectivity index (χ2n) is 7.20. The predicted octanol–water partition coefficient (Wildman–Crippen LogP) is -0.203. The Morgan fingerprint density at radius 1 is 1.15 bits per heavy atom. The lowest BCUT2D eigenvalue weighted by Gasteiger charge is -2.37. The third-order valence-electron chi connectivity index (χ3n) is 5.49. The van der Waals surface area contributed by atoms with Crippen LogP contribution in [0.4, 0.5) is 0 Å². The Morgan fingerprint density at radius 3 is 2.52 bits per heavy atom. The summed E-state index contributed by atoms with van der Waals surface area (Å²) in [4.78, 5) is 28.5. The molecule has 27 heavy (non-hydrogen) atoms. The maximum atomic E-state index is 12.7. The van der Waals surface area contributed by atoms with Crippen molar-refractivity contribution in [1.82, 2.24) is 20.0 Å². The lowest BCUT2D eigenvalue weighted by molar-refractivity contribution is -0.132. The van der Waals surface area contributed by atoms with E-state index in [1.54, 1.807) is 23.1 Å². The van der Waals surface area contributed by atoms with Gasteiger partial charge in [-0.25, -0.2) is 13.5 Å². The maximum absolute atomic E-state index is 12.7. The van der Waals surface area contributed by atoms with Gasteiger partial charge in [0.15, 0.2) is 9.84 Å². The third kappa shape index (κ3) is 3.74. The molecule has 1 atom stereocenters. The average Bonchev–Trinajstić information content (AvgIpc) is 3.04. The first kappa shape index (κ1) is 18.1. The number of carbonyl (C=O) groups excluding carboxylic acids is 1. The Labute approximate surface area is 157 Å². The standard InChI is InChI=1S/C18H22N4O4S/c23-17(11-16-14-3-1-2-4-15(14)18(24)20-19-16)22-8-6-21(7-9-22)13-5-10-27(25,26)12-13/h1-4,13H,5-12H2,(H,20,24). The van der Waals surface area contributed by atoms with E-state index >= 15 is 0 Å². The molecule has 4 rings (SSSR count). The van der Waals surface area contributed by atoms with Crippen LogP contribution < -0.4 is 5.56 Å². The topological polar surface area (TPSA) is 103 Å². The van der Waals surface area contributed by atoms with Crippen molar-refractivity contribution in [3.8, 4) is 0 Å². The molecule has 0 aliphatic carbocycles. The van der Waals surface area contributed by atoms with Crippen molar-refractivity contribution in [2.45, 2.75) is 18.9 Å². The number of carbonyl (C=O) groups is 1. The summed E-state index contributed by atoms with van der Waals surface area (Å²) in [5.74, 6) is 0.467. The van der Waals surface area contributed by atoms with Crippen LogP contribution in [0.1, 0.15) is 12.1 Å². The largest absolute Gasteiger partial charge is 0.340 e. The maximum Gasteiger partial charge on any atom is 0.272 e. The number of aromatic amines is 1. The lowest BCUT2D eigenvalue weighted by atomic mass is 10.1. The summed E-state index contributed by atoms with van der Waals surface area (Å²) in [6.45, 7) is 2.53. The van der Waals surface area contributed by atoms with E-state index in [4.69, 9.17) is 0 Å². The zero-order chi connectivity index (χ0) is 19.0. The van der Waals surface area contributed by atoms with E-state index in [1.165, 1.54) is 0 Å². The number of hydrogen-bond donors (Lipinski definition) is 1. The van der Waals surface area contributed by atoms with E-state index in [0.29, 0.717) is 49.1 Å². The Kier molecular flexibility index (Phi) is 4.73. The highest BCUT2D eigenvalue weighted by Gasteiger charge is 2.34. The van der Waals surface area contributed by atoms with Gasteiger partial charge < -0.3 is 4.90 Å². The molecule has 2 fully saturated rings. The molecular weight excluding hydrogens is 368 g/mol. The predicted molar refractivity (Wildman–Crippen MR) is 101 cm³/mol. The number of nitrogens with one attached hydrogen (secondary N) is 1. The van der Waals surface area contributed by atoms with E-state index in [0.717, 1.165) is 0 Å². The molecule has 0 saturated carbocycles. The second kappa shape index (κ2) is 7.05. The van der Waals surface area contributed by atoms with Crippen molar-refractivity contribution in [1.29, 1.82) is 0 Å². The van der Waals surface area contributed by atoms with E-state index < -0.39 is 9.84 Å². The Balaban J connectivity index is 1.41. The molecule has 0 bridgehead atoms. The molecule has 1 aromatic carbocycles.